The topological polar surface area (TPSA) is 182 Å². The number of piperazine rings is 1. The number of benzene rings is 1. The minimum atomic E-state index is -4.90. The number of aliphatic carboxylic acids is 1. The highest BCUT2D eigenvalue weighted by molar-refractivity contribution is 6.34. The van der Waals surface area contributed by atoms with Crippen LogP contribution >= 0.6 is 11.6 Å². The van der Waals surface area contributed by atoms with Gasteiger partial charge in [-0.2, -0.15) is 18.3 Å². The van der Waals surface area contributed by atoms with Gasteiger partial charge in [0.2, 0.25) is 5.91 Å². The lowest BCUT2D eigenvalue weighted by Crippen LogP contribution is -2.63. The normalized spacial score (nSPS) is 22.3. The quantitative estimate of drug-likeness (QED) is 0.133. The number of carbonyl (C=O) groups is 4. The Morgan fingerprint density at radius 1 is 0.984 bits per heavy atom. The molecule has 3 amide bonds. The summed E-state index contributed by atoms with van der Waals surface area (Å²) >= 11 is 6.55. The molecule has 6 heterocycles. The van der Waals surface area contributed by atoms with Gasteiger partial charge in [0.25, 0.3) is 17.7 Å². The van der Waals surface area contributed by atoms with E-state index < -0.39 is 35.6 Å². The molecule has 4 fully saturated rings. The number of carboxylic acids is 1. The first-order valence-electron chi connectivity index (χ1n) is 20.6. The van der Waals surface area contributed by atoms with E-state index in [1.54, 1.807) is 9.80 Å². The second-order valence-electron chi connectivity index (χ2n) is 16.9. The first kappa shape index (κ1) is 44.0. The number of alkyl halides is 5. The molecule has 1 aromatic carbocycles. The maximum absolute atomic E-state index is 14.3. The first-order chi connectivity index (χ1) is 29.9. The van der Waals surface area contributed by atoms with Crippen LogP contribution in [0.5, 0.6) is 0 Å². The average molecular weight is 902 g/mol. The second-order valence-corrected chi connectivity index (χ2v) is 17.3. The molecular weight excluding hydrogens is 857 g/mol. The number of carboxylic acid groups (broad SMARTS) is 1. The van der Waals surface area contributed by atoms with Crippen molar-refractivity contribution in [1.29, 1.82) is 0 Å². The van der Waals surface area contributed by atoms with E-state index in [2.05, 4.69) is 31.0 Å². The van der Waals surface area contributed by atoms with Crippen molar-refractivity contribution in [2.75, 3.05) is 82.6 Å². The number of aromatic nitrogens is 5. The van der Waals surface area contributed by atoms with Crippen LogP contribution in [0.4, 0.5) is 33.3 Å². The lowest BCUT2D eigenvalue weighted by molar-refractivity contribution is -0.931. The fourth-order valence-corrected chi connectivity index (χ4v) is 8.96. The Morgan fingerprint density at radius 2 is 1.67 bits per heavy atom. The molecular formula is C41H45ClF5N11O5. The SMILES string of the molecule is Cn1c(-c2cn(-c3ccc(NCC4CC4(F)F)cn3)nc2C(F)(F)F)cnc1C(=O)Nc1ccc(C(=O)N2CCN(C(=O)C3CC[N+](CC(=O)[O-])(CC4CNC4)CC3)CC2)c(Cl)c1. The summed E-state index contributed by atoms with van der Waals surface area (Å²) in [4.78, 5) is 63.6. The molecule has 0 spiro atoms. The van der Waals surface area contributed by atoms with Crippen molar-refractivity contribution in [2.45, 2.75) is 31.4 Å². The zero-order valence-electron chi connectivity index (χ0n) is 34.1. The molecule has 3 aliphatic heterocycles. The van der Waals surface area contributed by atoms with Crippen LogP contribution in [0.15, 0.2) is 48.9 Å². The number of nitrogens with zero attached hydrogens (tertiary/aromatic N) is 8. The molecule has 0 bridgehead atoms. The first-order valence-corrected chi connectivity index (χ1v) is 21.0. The Hall–Kier alpha value is -5.67. The van der Waals surface area contributed by atoms with Crippen LogP contribution in [0.2, 0.25) is 5.02 Å². The van der Waals surface area contributed by atoms with Gasteiger partial charge in [0.05, 0.1) is 65.5 Å². The summed E-state index contributed by atoms with van der Waals surface area (Å²) in [5, 5.41) is 24.0. The number of pyridine rings is 1. The zero-order valence-corrected chi connectivity index (χ0v) is 34.9. The Labute approximate surface area is 363 Å². The fourth-order valence-electron chi connectivity index (χ4n) is 8.70. The third-order valence-electron chi connectivity index (χ3n) is 12.5. The minimum absolute atomic E-state index is 0.00376. The summed E-state index contributed by atoms with van der Waals surface area (Å²) < 4.78 is 71.8. The number of nitrogens with one attached hydrogen (secondary N) is 3. The largest absolute Gasteiger partial charge is 0.544 e. The van der Waals surface area contributed by atoms with Gasteiger partial charge in [-0.1, -0.05) is 11.6 Å². The highest BCUT2D eigenvalue weighted by Crippen LogP contribution is 2.48. The van der Waals surface area contributed by atoms with Crippen LogP contribution in [-0.4, -0.2) is 140 Å². The van der Waals surface area contributed by atoms with Crippen LogP contribution < -0.4 is 21.1 Å². The number of carbonyl (C=O) groups excluding carboxylic acids is 4. The number of hydrogen-bond acceptors (Lipinski definition) is 10. The van der Waals surface area contributed by atoms with Crippen molar-refractivity contribution in [3.8, 4) is 17.1 Å². The summed E-state index contributed by atoms with van der Waals surface area (Å²) in [6.45, 7) is 4.83. The van der Waals surface area contributed by atoms with Crippen molar-refractivity contribution < 1.29 is 50.7 Å². The molecule has 16 nitrogen and oxygen atoms in total. The molecule has 336 valence electrons. The lowest BCUT2D eigenvalue weighted by Gasteiger charge is -2.47. The van der Waals surface area contributed by atoms with E-state index in [-0.39, 0.29) is 89.5 Å². The number of piperidine rings is 1. The van der Waals surface area contributed by atoms with E-state index in [0.29, 0.717) is 55.1 Å². The molecule has 3 aromatic heterocycles. The number of quaternary nitrogens is 1. The van der Waals surface area contributed by atoms with E-state index in [9.17, 15) is 46.2 Å². The smallest absolute Gasteiger partial charge is 0.435 e. The van der Waals surface area contributed by atoms with Crippen molar-refractivity contribution in [2.24, 2.45) is 24.8 Å². The van der Waals surface area contributed by atoms with Crippen molar-refractivity contribution in [1.82, 2.24) is 39.4 Å². The number of amides is 3. The highest BCUT2D eigenvalue weighted by Gasteiger charge is 2.56. The summed E-state index contributed by atoms with van der Waals surface area (Å²) in [7, 11) is 1.37. The molecule has 1 atom stereocenters. The van der Waals surface area contributed by atoms with Gasteiger partial charge >= 0.3 is 6.18 Å². The van der Waals surface area contributed by atoms with Crippen LogP contribution in [0.25, 0.3) is 17.1 Å². The van der Waals surface area contributed by atoms with E-state index in [0.717, 1.165) is 36.7 Å². The molecule has 22 heteroatoms. The predicted octanol–water partition coefficient (Wildman–Crippen LogP) is 3.14. The average Bonchev–Trinajstić information content (AvgIpc) is 3.49. The summed E-state index contributed by atoms with van der Waals surface area (Å²) in [6.07, 6.45) is -0.426. The second kappa shape index (κ2) is 17.1. The van der Waals surface area contributed by atoms with Gasteiger partial charge in [-0.15, -0.1) is 0 Å². The Kier molecular flexibility index (Phi) is 12.0. The maximum atomic E-state index is 14.3. The Balaban J connectivity index is 0.866. The Morgan fingerprint density at radius 3 is 2.25 bits per heavy atom. The van der Waals surface area contributed by atoms with Gasteiger partial charge in [-0.05, 0) is 30.3 Å². The van der Waals surface area contributed by atoms with Crippen LogP contribution in [0.3, 0.4) is 0 Å². The van der Waals surface area contributed by atoms with Crippen molar-refractivity contribution in [3.63, 3.8) is 0 Å². The molecule has 4 aromatic rings. The number of hydrogen-bond donors (Lipinski definition) is 3. The van der Waals surface area contributed by atoms with Crippen LogP contribution in [-0.2, 0) is 22.8 Å². The van der Waals surface area contributed by atoms with Gasteiger partial charge < -0.3 is 44.7 Å². The predicted molar refractivity (Wildman–Crippen MR) is 216 cm³/mol. The van der Waals surface area contributed by atoms with Crippen molar-refractivity contribution >= 4 is 46.7 Å². The van der Waals surface area contributed by atoms with Crippen LogP contribution in [0.1, 0.15) is 45.9 Å². The standard InChI is InChI=1S/C41H45ClF5N11O5/c1-54-32(30-21-57(53-35(30)41(45,46)47)33-5-3-28(19-50-33)49-18-26-15-40(26,43)44)20-51-36(54)37(61)52-27-2-4-29(31(42)14-27)39(63)56-10-8-55(9-11-56)38(62)25-6-12-58(13-7-25,23-34(59)60)22-24-16-48-17-24/h2-5,14,19-21,24-26,48-49H,6-13,15-18,22-23H2,1H3,(H-,52,59,60,61,63). The molecule has 1 aliphatic carbocycles. The number of halogens is 6. The lowest BCUT2D eigenvalue weighted by atomic mass is 9.90. The van der Waals surface area contributed by atoms with Crippen molar-refractivity contribution in [3.05, 3.63) is 71.0 Å². The van der Waals surface area contributed by atoms with Gasteiger partial charge in [0.1, 0.15) is 6.54 Å². The third-order valence-corrected chi connectivity index (χ3v) is 12.8. The number of likely N-dealkylation sites (tertiary alicyclic amines) is 1. The van der Waals surface area contributed by atoms with Crippen LogP contribution in [0, 0.1) is 17.8 Å². The Bertz CT molecular complexity index is 2390. The van der Waals surface area contributed by atoms with Gasteiger partial charge in [0, 0.05) is 102 Å². The number of rotatable bonds is 13. The maximum Gasteiger partial charge on any atom is 0.435 e. The minimum Gasteiger partial charge on any atom is -0.544 e. The molecule has 0 radical (unpaired) electrons. The molecule has 4 aliphatic rings. The zero-order chi connectivity index (χ0) is 44.8. The summed E-state index contributed by atoms with van der Waals surface area (Å²) in [6, 6.07) is 7.17. The van der Waals surface area contributed by atoms with Gasteiger partial charge in [-0.3, -0.25) is 14.4 Å². The van der Waals surface area contributed by atoms with E-state index >= 15 is 0 Å². The molecule has 8 rings (SSSR count). The van der Waals surface area contributed by atoms with E-state index in [4.69, 9.17) is 11.6 Å². The highest BCUT2D eigenvalue weighted by atomic mass is 35.5. The molecule has 1 saturated carbocycles. The fraction of sp³-hybridized carbons (Fsp3) is 0.488. The summed E-state index contributed by atoms with van der Waals surface area (Å²) in [5.41, 5.74) is -0.931. The summed E-state index contributed by atoms with van der Waals surface area (Å²) in [5.74, 6) is -5.72. The molecule has 3 saturated heterocycles. The third kappa shape index (κ3) is 9.50. The molecule has 63 heavy (non-hydrogen) atoms. The van der Waals surface area contributed by atoms with Gasteiger partial charge in [0.15, 0.2) is 17.3 Å². The van der Waals surface area contributed by atoms with Gasteiger partial charge in [-0.25, -0.2) is 23.4 Å². The van der Waals surface area contributed by atoms with E-state index in [1.807, 2.05) is 0 Å². The number of anilines is 2. The number of imidazole rings is 1. The molecule has 1 unspecified atom stereocenters. The van der Waals surface area contributed by atoms with E-state index in [1.165, 1.54) is 48.1 Å². The molecule has 3 N–H and O–H groups in total. The monoisotopic (exact) mass is 901 g/mol.